The molecule has 1 saturated carbocycles. The number of ether oxygens (including phenoxy) is 1. The third-order valence-electron chi connectivity index (χ3n) is 5.21. The van der Waals surface area contributed by atoms with Crippen LogP contribution in [-0.2, 0) is 11.3 Å². The Morgan fingerprint density at radius 3 is 2.55 bits per heavy atom. The second-order valence-electron chi connectivity index (χ2n) is 7.52. The van der Waals surface area contributed by atoms with Crippen molar-refractivity contribution in [1.82, 2.24) is 20.5 Å². The number of para-hydroxylation sites is 1. The summed E-state index contributed by atoms with van der Waals surface area (Å²) in [6, 6.07) is 12.4. The Morgan fingerprint density at radius 1 is 1.21 bits per heavy atom. The number of benzene rings is 1. The summed E-state index contributed by atoms with van der Waals surface area (Å²) in [6.07, 6.45) is 2.71. The van der Waals surface area contributed by atoms with E-state index in [0.717, 1.165) is 43.1 Å². The average Bonchev–Trinajstić information content (AvgIpc) is 3.28. The molecule has 0 spiro atoms. The summed E-state index contributed by atoms with van der Waals surface area (Å²) in [5.41, 5.74) is 2.92. The van der Waals surface area contributed by atoms with Crippen LogP contribution in [0.1, 0.15) is 36.8 Å². The zero-order valence-electron chi connectivity index (χ0n) is 17.5. The number of nitriles is 1. The summed E-state index contributed by atoms with van der Waals surface area (Å²) in [5, 5.41) is 28.0. The van der Waals surface area contributed by atoms with Crippen LogP contribution in [0.4, 0.5) is 13.2 Å². The Bertz CT molecular complexity index is 1100. The number of carbonyl (C=O) groups is 1. The summed E-state index contributed by atoms with van der Waals surface area (Å²) in [7, 11) is 0. The van der Waals surface area contributed by atoms with Crippen LogP contribution in [0.15, 0.2) is 42.7 Å². The first-order chi connectivity index (χ1) is 15.8. The number of nitrogens with one attached hydrogen (secondary N) is 2. The lowest BCUT2D eigenvalue weighted by molar-refractivity contribution is -0.192. The summed E-state index contributed by atoms with van der Waals surface area (Å²) < 4.78 is 37.7. The third kappa shape index (κ3) is 6.92. The average molecular weight is 461 g/mol. The van der Waals surface area contributed by atoms with Gasteiger partial charge >= 0.3 is 12.1 Å². The van der Waals surface area contributed by atoms with Gasteiger partial charge < -0.3 is 15.2 Å². The molecule has 0 atom stereocenters. The van der Waals surface area contributed by atoms with Crippen molar-refractivity contribution in [3.8, 4) is 11.9 Å². The molecule has 0 aliphatic heterocycles. The molecule has 0 amide bonds. The number of carboxylic acid groups (broad SMARTS) is 1. The minimum atomic E-state index is -5.08. The Morgan fingerprint density at radius 2 is 1.94 bits per heavy atom. The molecule has 8 nitrogen and oxygen atoms in total. The van der Waals surface area contributed by atoms with Crippen molar-refractivity contribution < 1.29 is 27.8 Å². The number of carboxylic acids is 1. The topological polar surface area (TPSA) is 124 Å². The van der Waals surface area contributed by atoms with Gasteiger partial charge in [-0.1, -0.05) is 18.2 Å². The van der Waals surface area contributed by atoms with Gasteiger partial charge in [0.25, 0.3) is 0 Å². The Balaban J connectivity index is 0.000000383. The number of alkyl halides is 3. The highest BCUT2D eigenvalue weighted by Gasteiger charge is 2.38. The highest BCUT2D eigenvalue weighted by molar-refractivity contribution is 5.81. The monoisotopic (exact) mass is 461 g/mol. The molecule has 1 aliphatic rings. The van der Waals surface area contributed by atoms with Gasteiger partial charge in [0.2, 0.25) is 5.88 Å². The minimum Gasteiger partial charge on any atom is -0.475 e. The molecule has 4 rings (SSSR count). The van der Waals surface area contributed by atoms with Crippen molar-refractivity contribution in [3.05, 3.63) is 53.9 Å². The molecular formula is C22H22F3N5O3. The van der Waals surface area contributed by atoms with Crippen molar-refractivity contribution in [2.24, 2.45) is 0 Å². The lowest BCUT2D eigenvalue weighted by Crippen LogP contribution is -2.36. The van der Waals surface area contributed by atoms with Gasteiger partial charge in [-0.2, -0.15) is 23.5 Å². The van der Waals surface area contributed by atoms with Crippen molar-refractivity contribution in [3.63, 3.8) is 0 Å². The number of aromatic nitrogens is 3. The fourth-order valence-corrected chi connectivity index (χ4v) is 3.50. The van der Waals surface area contributed by atoms with E-state index in [4.69, 9.17) is 19.9 Å². The molecule has 2 heterocycles. The van der Waals surface area contributed by atoms with Crippen LogP contribution in [0.25, 0.3) is 10.9 Å². The summed E-state index contributed by atoms with van der Waals surface area (Å²) in [4.78, 5) is 13.1. The number of fused-ring (bicyclic) bond motifs is 1. The molecule has 3 aromatic rings. The van der Waals surface area contributed by atoms with Gasteiger partial charge in [0.05, 0.1) is 17.3 Å². The van der Waals surface area contributed by atoms with Gasteiger partial charge in [0.15, 0.2) is 0 Å². The predicted molar refractivity (Wildman–Crippen MR) is 112 cm³/mol. The molecule has 0 saturated heterocycles. The van der Waals surface area contributed by atoms with Crippen molar-refractivity contribution in [2.75, 3.05) is 0 Å². The van der Waals surface area contributed by atoms with Crippen LogP contribution in [-0.4, -0.2) is 44.6 Å². The summed E-state index contributed by atoms with van der Waals surface area (Å²) in [5.74, 6) is -2.15. The van der Waals surface area contributed by atoms with E-state index in [-0.39, 0.29) is 6.10 Å². The number of hydrogen-bond donors (Lipinski definition) is 3. The van der Waals surface area contributed by atoms with Crippen LogP contribution in [0.2, 0.25) is 0 Å². The molecule has 1 aromatic carbocycles. The molecule has 1 aliphatic carbocycles. The van der Waals surface area contributed by atoms with E-state index < -0.39 is 12.1 Å². The maximum Gasteiger partial charge on any atom is 0.490 e. The fraction of sp³-hybridized carbons (Fsp3) is 0.364. The molecule has 1 fully saturated rings. The number of hydrogen-bond acceptors (Lipinski definition) is 6. The van der Waals surface area contributed by atoms with E-state index in [0.29, 0.717) is 17.5 Å². The van der Waals surface area contributed by atoms with E-state index in [2.05, 4.69) is 44.8 Å². The zero-order chi connectivity index (χ0) is 23.8. The number of rotatable bonds is 5. The number of aromatic amines is 1. The maximum absolute atomic E-state index is 10.6. The van der Waals surface area contributed by atoms with Crippen LogP contribution in [0.5, 0.6) is 5.88 Å². The molecule has 3 N–H and O–H groups in total. The van der Waals surface area contributed by atoms with Gasteiger partial charge in [-0.05, 0) is 37.3 Å². The van der Waals surface area contributed by atoms with E-state index in [1.165, 1.54) is 5.56 Å². The summed E-state index contributed by atoms with van der Waals surface area (Å²) in [6.45, 7) is 0.840. The lowest BCUT2D eigenvalue weighted by Gasteiger charge is -2.29. The highest BCUT2D eigenvalue weighted by atomic mass is 19.4. The maximum atomic E-state index is 10.6. The largest absolute Gasteiger partial charge is 0.490 e. The first kappa shape index (κ1) is 24.0. The molecule has 11 heteroatoms. The Hall–Kier alpha value is -3.65. The Labute approximate surface area is 187 Å². The van der Waals surface area contributed by atoms with E-state index >= 15 is 0 Å². The first-order valence-electron chi connectivity index (χ1n) is 10.2. The van der Waals surface area contributed by atoms with Crippen molar-refractivity contribution in [1.29, 1.82) is 5.26 Å². The molecule has 33 heavy (non-hydrogen) atoms. The molecular weight excluding hydrogens is 439 g/mol. The molecule has 0 unspecified atom stereocenters. The van der Waals surface area contributed by atoms with Crippen molar-refractivity contribution in [2.45, 2.75) is 50.6 Å². The fourth-order valence-electron chi connectivity index (χ4n) is 3.50. The minimum absolute atomic E-state index is 0.199. The third-order valence-corrected chi connectivity index (χ3v) is 5.21. The second-order valence-corrected chi connectivity index (χ2v) is 7.52. The Kier molecular flexibility index (Phi) is 7.84. The number of pyridine rings is 1. The van der Waals surface area contributed by atoms with E-state index in [1.54, 1.807) is 18.3 Å². The quantitative estimate of drug-likeness (QED) is 0.526. The number of H-pyrrole nitrogens is 1. The van der Waals surface area contributed by atoms with Crippen LogP contribution in [0, 0.1) is 11.3 Å². The van der Waals surface area contributed by atoms with Gasteiger partial charge in [-0.3, -0.25) is 5.10 Å². The highest BCUT2D eigenvalue weighted by Crippen LogP contribution is 2.24. The molecule has 0 radical (unpaired) electrons. The second kappa shape index (κ2) is 10.8. The molecule has 0 bridgehead atoms. The smallest absolute Gasteiger partial charge is 0.475 e. The zero-order valence-corrected chi connectivity index (χ0v) is 17.5. The van der Waals surface area contributed by atoms with E-state index in [1.807, 2.05) is 6.20 Å². The molecule has 174 valence electrons. The van der Waals surface area contributed by atoms with Gasteiger partial charge in [-0.15, -0.1) is 0 Å². The summed E-state index contributed by atoms with van der Waals surface area (Å²) >= 11 is 0. The van der Waals surface area contributed by atoms with Gasteiger partial charge in [-0.25, -0.2) is 9.78 Å². The SMILES string of the molecule is N#Cc1ccc(OC2CCC(NCc3cccc4cn[nH]c34)CC2)nc1.O=C(O)C(F)(F)F. The molecule has 2 aromatic heterocycles. The van der Waals surface area contributed by atoms with Crippen LogP contribution >= 0.6 is 0 Å². The standard InChI is InChI=1S/C20H21N5O.C2HF3O2/c21-10-14-4-9-19(23-11-14)26-18-7-5-17(6-8-18)22-12-15-2-1-3-16-13-24-25-20(15)16;3-2(4,5)1(6)7/h1-4,9,11,13,17-18,22H,5-8,12H2,(H,24,25);(H,6,7). The predicted octanol–water partition coefficient (Wildman–Crippen LogP) is 3.94. The normalized spacial score (nSPS) is 18.1. The van der Waals surface area contributed by atoms with E-state index in [9.17, 15) is 13.2 Å². The van der Waals surface area contributed by atoms with Crippen molar-refractivity contribution >= 4 is 16.9 Å². The number of halogens is 3. The number of nitrogens with zero attached hydrogens (tertiary/aromatic N) is 3. The first-order valence-corrected chi connectivity index (χ1v) is 10.2. The number of aliphatic carboxylic acids is 1. The van der Waals surface area contributed by atoms with Gasteiger partial charge in [0, 0.05) is 30.2 Å². The van der Waals surface area contributed by atoms with Crippen LogP contribution in [0.3, 0.4) is 0 Å². The van der Waals surface area contributed by atoms with Gasteiger partial charge in [0.1, 0.15) is 12.2 Å². The lowest BCUT2D eigenvalue weighted by atomic mass is 9.92. The van der Waals surface area contributed by atoms with Crippen LogP contribution < -0.4 is 10.1 Å².